The summed E-state index contributed by atoms with van der Waals surface area (Å²) < 4.78 is 5.40. The number of amides is 1. The van der Waals surface area contributed by atoms with Gasteiger partial charge in [0, 0.05) is 37.1 Å². The minimum absolute atomic E-state index is 0.0262. The largest absolute Gasteiger partial charge is 0.395 e. The number of aromatic nitrogens is 1. The van der Waals surface area contributed by atoms with Crippen LogP contribution in [0.4, 0.5) is 5.82 Å². The Bertz CT molecular complexity index is 781. The zero-order chi connectivity index (χ0) is 18.1. The van der Waals surface area contributed by atoms with E-state index in [0.29, 0.717) is 17.5 Å². The third kappa shape index (κ3) is 3.67. The van der Waals surface area contributed by atoms with Crippen molar-refractivity contribution in [1.82, 2.24) is 10.1 Å². The van der Waals surface area contributed by atoms with E-state index in [4.69, 9.17) is 16.1 Å². The maximum Gasteiger partial charge on any atom is 0.225 e. The molecule has 1 amide bonds. The summed E-state index contributed by atoms with van der Waals surface area (Å²) in [6, 6.07) is 5.49. The molecule has 2 heterocycles. The number of nitrogens with zero attached hydrogens (tertiary/aromatic N) is 3. The van der Waals surface area contributed by atoms with Gasteiger partial charge in [0.1, 0.15) is 0 Å². The van der Waals surface area contributed by atoms with E-state index in [0.717, 1.165) is 49.3 Å². The Morgan fingerprint density at radius 3 is 2.77 bits per heavy atom. The highest BCUT2D eigenvalue weighted by Crippen LogP contribution is 2.33. The van der Waals surface area contributed by atoms with Crippen LogP contribution in [0.25, 0.3) is 11.0 Å². The predicted molar refractivity (Wildman–Crippen MR) is 100 cm³/mol. The fraction of sp³-hybridized carbons (Fsp3) is 0.579. The van der Waals surface area contributed by atoms with Crippen molar-refractivity contribution in [1.29, 1.82) is 0 Å². The lowest BCUT2D eigenvalue weighted by atomic mass is 9.95. The first-order valence-electron chi connectivity index (χ1n) is 9.35. The van der Waals surface area contributed by atoms with Crippen molar-refractivity contribution in [2.24, 2.45) is 11.8 Å². The van der Waals surface area contributed by atoms with E-state index in [9.17, 15) is 9.90 Å². The van der Waals surface area contributed by atoms with Gasteiger partial charge < -0.3 is 19.4 Å². The van der Waals surface area contributed by atoms with Crippen LogP contribution in [-0.4, -0.2) is 53.9 Å². The Hall–Kier alpha value is -1.79. The van der Waals surface area contributed by atoms with Crippen LogP contribution in [0.5, 0.6) is 0 Å². The van der Waals surface area contributed by atoms with Crippen molar-refractivity contribution >= 4 is 34.3 Å². The van der Waals surface area contributed by atoms with Gasteiger partial charge in [-0.15, -0.1) is 0 Å². The molecule has 2 aromatic rings. The van der Waals surface area contributed by atoms with Gasteiger partial charge in [-0.2, -0.15) is 0 Å². The van der Waals surface area contributed by atoms with E-state index in [-0.39, 0.29) is 18.4 Å². The highest BCUT2D eigenvalue weighted by molar-refractivity contribution is 6.31. The van der Waals surface area contributed by atoms with Gasteiger partial charge in [0.05, 0.1) is 12.0 Å². The van der Waals surface area contributed by atoms with E-state index in [1.165, 1.54) is 12.8 Å². The minimum atomic E-state index is 0.0262. The van der Waals surface area contributed by atoms with Crippen molar-refractivity contribution < 1.29 is 14.4 Å². The monoisotopic (exact) mass is 377 g/mol. The van der Waals surface area contributed by atoms with Gasteiger partial charge >= 0.3 is 0 Å². The summed E-state index contributed by atoms with van der Waals surface area (Å²) in [4.78, 5) is 16.9. The van der Waals surface area contributed by atoms with Crippen LogP contribution in [0.3, 0.4) is 0 Å². The number of piperidine rings is 1. The zero-order valence-corrected chi connectivity index (χ0v) is 15.5. The second-order valence-corrected chi connectivity index (χ2v) is 7.80. The Morgan fingerprint density at radius 2 is 2.08 bits per heavy atom. The number of halogens is 1. The van der Waals surface area contributed by atoms with Crippen molar-refractivity contribution in [2.75, 3.05) is 37.7 Å². The lowest BCUT2D eigenvalue weighted by molar-refractivity contribution is -0.137. The van der Waals surface area contributed by atoms with E-state index >= 15 is 0 Å². The van der Waals surface area contributed by atoms with Gasteiger partial charge in [0.15, 0.2) is 11.4 Å². The second kappa shape index (κ2) is 7.45. The lowest BCUT2D eigenvalue weighted by Gasteiger charge is -2.34. The van der Waals surface area contributed by atoms with Crippen LogP contribution in [0, 0.1) is 11.8 Å². The topological polar surface area (TPSA) is 69.8 Å². The molecule has 0 atom stereocenters. The van der Waals surface area contributed by atoms with Crippen molar-refractivity contribution in [3.05, 3.63) is 23.2 Å². The average molecular weight is 378 g/mol. The Balaban J connectivity index is 1.41. The number of hydrogen-bond donors (Lipinski definition) is 1. The number of carbonyl (C=O) groups excluding carboxylic acids is 1. The summed E-state index contributed by atoms with van der Waals surface area (Å²) in [6.45, 7) is 2.80. The number of aliphatic hydroxyl groups excluding tert-OH is 1. The maximum absolute atomic E-state index is 12.8. The average Bonchev–Trinajstić information content (AvgIpc) is 3.38. The van der Waals surface area contributed by atoms with Crippen molar-refractivity contribution in [3.8, 4) is 0 Å². The van der Waals surface area contributed by atoms with Crippen LogP contribution < -0.4 is 4.90 Å². The van der Waals surface area contributed by atoms with Gasteiger partial charge in [-0.1, -0.05) is 16.8 Å². The van der Waals surface area contributed by atoms with Crippen LogP contribution in [0.2, 0.25) is 5.02 Å². The fourth-order valence-corrected chi connectivity index (χ4v) is 3.92. The van der Waals surface area contributed by atoms with Crippen molar-refractivity contribution in [2.45, 2.75) is 25.7 Å². The molecule has 2 fully saturated rings. The molecule has 6 nitrogen and oxygen atoms in total. The highest BCUT2D eigenvalue weighted by atomic mass is 35.5. The highest BCUT2D eigenvalue weighted by Gasteiger charge is 2.33. The summed E-state index contributed by atoms with van der Waals surface area (Å²) in [7, 11) is 0. The first-order chi connectivity index (χ1) is 12.7. The molecule has 1 saturated heterocycles. The summed E-state index contributed by atoms with van der Waals surface area (Å²) in [5.41, 5.74) is 0.723. The molecule has 1 N–H and O–H groups in total. The minimum Gasteiger partial charge on any atom is -0.395 e. The summed E-state index contributed by atoms with van der Waals surface area (Å²) in [6.07, 6.45) is 3.99. The number of benzene rings is 1. The van der Waals surface area contributed by atoms with E-state index in [1.54, 1.807) is 6.07 Å². The molecule has 7 heteroatoms. The van der Waals surface area contributed by atoms with E-state index in [2.05, 4.69) is 10.1 Å². The third-order valence-corrected chi connectivity index (χ3v) is 5.65. The number of anilines is 1. The summed E-state index contributed by atoms with van der Waals surface area (Å²) >= 11 is 6.10. The van der Waals surface area contributed by atoms with Gasteiger partial charge in [-0.3, -0.25) is 4.79 Å². The molecule has 1 saturated carbocycles. The quantitative estimate of drug-likeness (QED) is 0.838. The second-order valence-electron chi connectivity index (χ2n) is 7.36. The normalized spacial score (nSPS) is 18.5. The molecule has 2 aliphatic rings. The smallest absolute Gasteiger partial charge is 0.225 e. The molecular weight excluding hydrogens is 354 g/mol. The van der Waals surface area contributed by atoms with Crippen LogP contribution in [-0.2, 0) is 4.79 Å². The van der Waals surface area contributed by atoms with Crippen molar-refractivity contribution in [3.63, 3.8) is 0 Å². The first kappa shape index (κ1) is 17.6. The standard InChI is InChI=1S/C19H24ClN3O3/c20-15-3-4-17-16(11-15)18(21-26-17)22-7-5-14(6-8-22)19(25)23(9-10-24)12-13-1-2-13/h3-4,11,13-14,24H,1-2,5-10,12H2. The molecular formula is C19H24ClN3O3. The Kier molecular flexibility index (Phi) is 5.05. The predicted octanol–water partition coefficient (Wildman–Crippen LogP) is 2.93. The lowest BCUT2D eigenvalue weighted by Crippen LogP contribution is -2.44. The van der Waals surface area contributed by atoms with Gasteiger partial charge in [0.2, 0.25) is 5.91 Å². The molecule has 1 aromatic carbocycles. The van der Waals surface area contributed by atoms with Gasteiger partial charge in [-0.05, 0) is 49.8 Å². The Labute approximate surface area is 157 Å². The molecule has 0 spiro atoms. The molecule has 0 radical (unpaired) electrons. The molecule has 1 aliphatic carbocycles. The van der Waals surface area contributed by atoms with E-state index in [1.807, 2.05) is 17.0 Å². The molecule has 4 rings (SSSR count). The zero-order valence-electron chi connectivity index (χ0n) is 14.7. The Morgan fingerprint density at radius 1 is 1.31 bits per heavy atom. The van der Waals surface area contributed by atoms with Crippen LogP contribution in [0.15, 0.2) is 22.7 Å². The molecule has 0 unspecified atom stereocenters. The molecule has 1 aromatic heterocycles. The number of aliphatic hydroxyl groups is 1. The molecule has 1 aliphatic heterocycles. The third-order valence-electron chi connectivity index (χ3n) is 5.41. The molecule has 26 heavy (non-hydrogen) atoms. The number of fused-ring (bicyclic) bond motifs is 1. The number of carbonyl (C=O) groups is 1. The number of rotatable bonds is 6. The van der Waals surface area contributed by atoms with Crippen LogP contribution in [0.1, 0.15) is 25.7 Å². The van der Waals surface area contributed by atoms with E-state index < -0.39 is 0 Å². The molecule has 140 valence electrons. The number of hydrogen-bond acceptors (Lipinski definition) is 5. The maximum atomic E-state index is 12.8. The summed E-state index contributed by atoms with van der Waals surface area (Å²) in [5, 5.41) is 15.1. The first-order valence-corrected chi connectivity index (χ1v) is 9.73. The fourth-order valence-electron chi connectivity index (χ4n) is 3.75. The summed E-state index contributed by atoms with van der Waals surface area (Å²) in [5.74, 6) is 1.66. The van der Waals surface area contributed by atoms with Crippen LogP contribution >= 0.6 is 11.6 Å². The van der Waals surface area contributed by atoms with Gasteiger partial charge in [-0.25, -0.2) is 0 Å². The SMILES string of the molecule is O=C(C1CCN(c2noc3ccc(Cl)cc23)CC1)N(CCO)CC1CC1. The molecule has 0 bridgehead atoms. The van der Waals surface area contributed by atoms with Gasteiger partial charge in [0.25, 0.3) is 0 Å².